The number of benzene rings is 1. The van der Waals surface area contributed by atoms with Gasteiger partial charge in [0.1, 0.15) is 10.4 Å². The number of aromatic nitrogens is 3. The van der Waals surface area contributed by atoms with Crippen LogP contribution in [-0.4, -0.2) is 20.9 Å². The lowest BCUT2D eigenvalue weighted by molar-refractivity contribution is 0.611. The maximum absolute atomic E-state index is 14.1. The van der Waals surface area contributed by atoms with Crippen LogP contribution in [0.2, 0.25) is 0 Å². The highest BCUT2D eigenvalue weighted by atomic mass is 79.9. The molecule has 0 unspecified atom stereocenters. The van der Waals surface area contributed by atoms with Gasteiger partial charge in [0.05, 0.1) is 11.9 Å². The van der Waals surface area contributed by atoms with Crippen molar-refractivity contribution in [3.8, 4) is 11.3 Å². The summed E-state index contributed by atoms with van der Waals surface area (Å²) in [6.45, 7) is 5.22. The van der Waals surface area contributed by atoms with Gasteiger partial charge in [0, 0.05) is 30.4 Å². The number of fused-ring (bicyclic) bond motifs is 1. The quantitative estimate of drug-likeness (QED) is 0.693. The second kappa shape index (κ2) is 6.86. The van der Waals surface area contributed by atoms with Crippen LogP contribution in [0.5, 0.6) is 0 Å². The van der Waals surface area contributed by atoms with E-state index < -0.39 is 0 Å². The van der Waals surface area contributed by atoms with E-state index in [1.165, 1.54) is 6.07 Å². The summed E-state index contributed by atoms with van der Waals surface area (Å²) in [5.41, 5.74) is 8.26. The van der Waals surface area contributed by atoms with Crippen molar-refractivity contribution in [3.63, 3.8) is 0 Å². The molecular formula is C17H19BrFN5. The van der Waals surface area contributed by atoms with Crippen LogP contribution in [0.3, 0.4) is 0 Å². The Morgan fingerprint density at radius 1 is 1.38 bits per heavy atom. The number of hydrogen-bond donors (Lipinski definition) is 2. The van der Waals surface area contributed by atoms with Gasteiger partial charge in [-0.05, 0) is 27.9 Å². The molecule has 126 valence electrons. The van der Waals surface area contributed by atoms with Crippen LogP contribution < -0.4 is 11.1 Å². The van der Waals surface area contributed by atoms with Crippen molar-refractivity contribution in [2.45, 2.75) is 20.4 Å². The van der Waals surface area contributed by atoms with E-state index in [9.17, 15) is 4.39 Å². The third kappa shape index (κ3) is 3.27. The van der Waals surface area contributed by atoms with Crippen LogP contribution in [0.4, 0.5) is 10.2 Å². The Kier molecular flexibility index (Phi) is 4.82. The monoisotopic (exact) mass is 391 g/mol. The lowest BCUT2D eigenvalue weighted by Gasteiger charge is -2.11. The van der Waals surface area contributed by atoms with Gasteiger partial charge < -0.3 is 11.1 Å². The van der Waals surface area contributed by atoms with E-state index in [0.717, 1.165) is 17.8 Å². The molecule has 0 aliphatic heterocycles. The standard InChI is InChI=1S/C17H19BrFN5/c1-10(2)7-21-16-17-22-8-14(24(17)9-15(18)23-16)11-3-4-12(6-20)13(19)5-11/h3-5,8-10H,6-7,20H2,1-2H3,(H,21,23). The first-order valence-electron chi connectivity index (χ1n) is 7.76. The van der Waals surface area contributed by atoms with Crippen molar-refractivity contribution in [1.29, 1.82) is 0 Å². The molecule has 0 bridgehead atoms. The fourth-order valence-corrected chi connectivity index (χ4v) is 2.85. The fraction of sp³-hybridized carbons (Fsp3) is 0.294. The number of nitrogens with zero attached hydrogens (tertiary/aromatic N) is 3. The van der Waals surface area contributed by atoms with Crippen LogP contribution in [-0.2, 0) is 6.54 Å². The largest absolute Gasteiger partial charge is 0.367 e. The molecule has 7 heteroatoms. The van der Waals surface area contributed by atoms with E-state index in [0.29, 0.717) is 27.5 Å². The lowest BCUT2D eigenvalue weighted by atomic mass is 10.1. The minimum Gasteiger partial charge on any atom is -0.367 e. The van der Waals surface area contributed by atoms with E-state index >= 15 is 0 Å². The first-order valence-corrected chi connectivity index (χ1v) is 8.55. The van der Waals surface area contributed by atoms with E-state index in [4.69, 9.17) is 5.73 Å². The maximum atomic E-state index is 14.1. The maximum Gasteiger partial charge on any atom is 0.180 e. The Morgan fingerprint density at radius 3 is 2.83 bits per heavy atom. The van der Waals surface area contributed by atoms with E-state index in [1.807, 2.05) is 16.7 Å². The number of nitrogens with one attached hydrogen (secondary N) is 1. The average molecular weight is 392 g/mol. The van der Waals surface area contributed by atoms with E-state index in [-0.39, 0.29) is 12.4 Å². The van der Waals surface area contributed by atoms with Crippen molar-refractivity contribution >= 4 is 27.4 Å². The molecule has 0 radical (unpaired) electrons. The van der Waals surface area contributed by atoms with Gasteiger partial charge in [-0.1, -0.05) is 26.0 Å². The minimum atomic E-state index is -0.309. The van der Waals surface area contributed by atoms with E-state index in [2.05, 4.69) is 45.1 Å². The summed E-state index contributed by atoms with van der Waals surface area (Å²) >= 11 is 3.43. The number of hydrogen-bond acceptors (Lipinski definition) is 4. The first kappa shape index (κ1) is 16.9. The second-order valence-electron chi connectivity index (χ2n) is 6.03. The van der Waals surface area contributed by atoms with Gasteiger partial charge in [0.25, 0.3) is 0 Å². The van der Waals surface area contributed by atoms with Crippen LogP contribution in [0.1, 0.15) is 19.4 Å². The van der Waals surface area contributed by atoms with Crippen molar-refractivity contribution in [2.24, 2.45) is 11.7 Å². The number of imidazole rings is 1. The van der Waals surface area contributed by atoms with Gasteiger partial charge in [-0.3, -0.25) is 4.40 Å². The molecule has 1 aromatic carbocycles. The van der Waals surface area contributed by atoms with Gasteiger partial charge in [-0.15, -0.1) is 0 Å². The smallest absolute Gasteiger partial charge is 0.180 e. The van der Waals surface area contributed by atoms with Crippen LogP contribution >= 0.6 is 15.9 Å². The summed E-state index contributed by atoms with van der Waals surface area (Å²) in [4.78, 5) is 8.91. The molecule has 0 aliphatic carbocycles. The zero-order valence-electron chi connectivity index (χ0n) is 13.6. The molecule has 0 saturated heterocycles. The fourth-order valence-electron chi connectivity index (χ4n) is 2.46. The molecule has 0 fully saturated rings. The SMILES string of the molecule is CC(C)CNc1nc(Br)cn2c(-c3ccc(CN)c(F)c3)cnc12. The van der Waals surface area contributed by atoms with Crippen LogP contribution in [0.25, 0.3) is 16.9 Å². The Bertz CT molecular complexity index is 875. The molecule has 3 N–H and O–H groups in total. The number of rotatable bonds is 5. The van der Waals surface area contributed by atoms with Gasteiger partial charge in [-0.2, -0.15) is 0 Å². The van der Waals surface area contributed by atoms with Gasteiger partial charge in [0.2, 0.25) is 0 Å². The van der Waals surface area contributed by atoms with E-state index in [1.54, 1.807) is 12.3 Å². The highest BCUT2D eigenvalue weighted by molar-refractivity contribution is 9.10. The third-order valence-corrected chi connectivity index (χ3v) is 4.09. The van der Waals surface area contributed by atoms with Gasteiger partial charge in [0.15, 0.2) is 11.5 Å². The summed E-state index contributed by atoms with van der Waals surface area (Å²) < 4.78 is 16.6. The molecule has 0 atom stereocenters. The molecule has 0 aliphatic rings. The molecule has 5 nitrogen and oxygen atoms in total. The molecule has 2 aromatic heterocycles. The lowest BCUT2D eigenvalue weighted by Crippen LogP contribution is -2.10. The molecule has 2 heterocycles. The Hall–Kier alpha value is -1.99. The van der Waals surface area contributed by atoms with Crippen molar-refractivity contribution < 1.29 is 4.39 Å². The predicted molar refractivity (Wildman–Crippen MR) is 97.3 cm³/mol. The summed E-state index contributed by atoms with van der Waals surface area (Å²) in [5, 5.41) is 3.31. The summed E-state index contributed by atoms with van der Waals surface area (Å²) in [7, 11) is 0. The molecule has 0 amide bonds. The summed E-state index contributed by atoms with van der Waals surface area (Å²) in [6, 6.07) is 5.05. The Labute approximate surface area is 148 Å². The zero-order valence-corrected chi connectivity index (χ0v) is 15.1. The number of halogens is 2. The van der Waals surface area contributed by atoms with Gasteiger partial charge in [-0.25, -0.2) is 14.4 Å². The van der Waals surface area contributed by atoms with Crippen molar-refractivity contribution in [1.82, 2.24) is 14.4 Å². The first-order chi connectivity index (χ1) is 11.5. The average Bonchev–Trinajstić information content (AvgIpc) is 2.96. The van der Waals surface area contributed by atoms with Crippen LogP contribution in [0, 0.1) is 11.7 Å². The third-order valence-electron chi connectivity index (χ3n) is 3.71. The summed E-state index contributed by atoms with van der Waals surface area (Å²) in [5.74, 6) is 0.873. The minimum absolute atomic E-state index is 0.179. The molecular weight excluding hydrogens is 373 g/mol. The topological polar surface area (TPSA) is 68.2 Å². The number of anilines is 1. The number of nitrogens with two attached hydrogens (primary N) is 1. The second-order valence-corrected chi connectivity index (χ2v) is 6.85. The molecule has 0 saturated carbocycles. The molecule has 24 heavy (non-hydrogen) atoms. The highest BCUT2D eigenvalue weighted by Gasteiger charge is 2.13. The zero-order chi connectivity index (χ0) is 17.3. The molecule has 0 spiro atoms. The Morgan fingerprint density at radius 2 is 2.17 bits per heavy atom. The van der Waals surface area contributed by atoms with Gasteiger partial charge >= 0.3 is 0 Å². The van der Waals surface area contributed by atoms with Crippen LogP contribution in [0.15, 0.2) is 35.2 Å². The molecule has 3 rings (SSSR count). The van der Waals surface area contributed by atoms with Crippen molar-refractivity contribution in [2.75, 3.05) is 11.9 Å². The predicted octanol–water partition coefficient (Wildman–Crippen LogP) is 3.82. The normalized spacial score (nSPS) is 11.4. The highest BCUT2D eigenvalue weighted by Crippen LogP contribution is 2.27. The van der Waals surface area contributed by atoms with Crippen molar-refractivity contribution in [3.05, 3.63) is 46.6 Å². The molecule has 3 aromatic rings. The summed E-state index contributed by atoms with van der Waals surface area (Å²) in [6.07, 6.45) is 3.55. The Balaban J connectivity index is 2.08.